The van der Waals surface area contributed by atoms with E-state index in [4.69, 9.17) is 0 Å². The van der Waals surface area contributed by atoms with Gasteiger partial charge in [0.2, 0.25) is 5.95 Å². The van der Waals surface area contributed by atoms with E-state index < -0.39 is 0 Å². The van der Waals surface area contributed by atoms with Crippen LogP contribution in [-0.2, 0) is 0 Å². The summed E-state index contributed by atoms with van der Waals surface area (Å²) in [5, 5.41) is 6.50. The van der Waals surface area contributed by atoms with E-state index in [9.17, 15) is 0 Å². The largest absolute Gasteiger partial charge is 0.367 e. The molecule has 1 fully saturated rings. The van der Waals surface area contributed by atoms with Gasteiger partial charge in [0.15, 0.2) is 0 Å². The van der Waals surface area contributed by atoms with Crippen molar-refractivity contribution in [2.45, 2.75) is 39.2 Å². The Morgan fingerprint density at radius 1 is 1.41 bits per heavy atom. The van der Waals surface area contributed by atoms with Gasteiger partial charge in [-0.1, -0.05) is 20.3 Å². The molecule has 1 aromatic rings. The number of nitrogens with zero attached hydrogens (tertiary/aromatic N) is 2. The van der Waals surface area contributed by atoms with Crippen LogP contribution in [0.3, 0.4) is 0 Å². The molecule has 1 aliphatic carbocycles. The van der Waals surface area contributed by atoms with Crippen molar-refractivity contribution in [2.24, 2.45) is 11.8 Å². The molecule has 0 saturated heterocycles. The van der Waals surface area contributed by atoms with E-state index in [2.05, 4.69) is 34.4 Å². The molecule has 4 nitrogen and oxygen atoms in total. The summed E-state index contributed by atoms with van der Waals surface area (Å²) in [6.07, 6.45) is 5.65. The third-order valence-corrected chi connectivity index (χ3v) is 3.96. The van der Waals surface area contributed by atoms with Gasteiger partial charge >= 0.3 is 0 Å². The summed E-state index contributed by atoms with van der Waals surface area (Å²) in [6, 6.07) is 2.49. The SMILES string of the molecule is CCC1CCC(Nc2ccnc(NC)n2)C1C. The molecule has 0 spiro atoms. The maximum Gasteiger partial charge on any atom is 0.224 e. The molecular weight excluding hydrogens is 212 g/mol. The van der Waals surface area contributed by atoms with Crippen LogP contribution in [0.2, 0.25) is 0 Å². The van der Waals surface area contributed by atoms with Crippen LogP contribution in [0, 0.1) is 11.8 Å². The number of anilines is 2. The summed E-state index contributed by atoms with van der Waals surface area (Å²) in [5.41, 5.74) is 0. The second-order valence-electron chi connectivity index (χ2n) is 4.87. The fourth-order valence-corrected chi connectivity index (χ4v) is 2.78. The molecule has 2 rings (SSSR count). The molecule has 0 bridgehead atoms. The van der Waals surface area contributed by atoms with Crippen LogP contribution >= 0.6 is 0 Å². The molecule has 0 radical (unpaired) electrons. The number of hydrogen-bond acceptors (Lipinski definition) is 4. The van der Waals surface area contributed by atoms with Gasteiger partial charge in [-0.2, -0.15) is 4.98 Å². The predicted octanol–water partition coefficient (Wildman–Crippen LogP) is 2.75. The van der Waals surface area contributed by atoms with Crippen LogP contribution in [0.4, 0.5) is 11.8 Å². The number of aromatic nitrogens is 2. The first-order valence-corrected chi connectivity index (χ1v) is 6.52. The zero-order valence-corrected chi connectivity index (χ0v) is 10.9. The van der Waals surface area contributed by atoms with Crippen molar-refractivity contribution in [1.29, 1.82) is 0 Å². The molecule has 3 atom stereocenters. The molecule has 0 amide bonds. The van der Waals surface area contributed by atoms with Gasteiger partial charge in [-0.15, -0.1) is 0 Å². The topological polar surface area (TPSA) is 49.8 Å². The van der Waals surface area contributed by atoms with Crippen LogP contribution in [0.1, 0.15) is 33.1 Å². The zero-order valence-electron chi connectivity index (χ0n) is 10.9. The summed E-state index contributed by atoms with van der Waals surface area (Å²) in [4.78, 5) is 8.53. The van der Waals surface area contributed by atoms with Crippen molar-refractivity contribution in [2.75, 3.05) is 17.7 Å². The van der Waals surface area contributed by atoms with Gasteiger partial charge in [-0.3, -0.25) is 0 Å². The Morgan fingerprint density at radius 2 is 2.24 bits per heavy atom. The zero-order chi connectivity index (χ0) is 12.3. The lowest BCUT2D eigenvalue weighted by atomic mass is 9.93. The highest BCUT2D eigenvalue weighted by atomic mass is 15.1. The van der Waals surface area contributed by atoms with Gasteiger partial charge in [-0.05, 0) is 30.7 Å². The highest BCUT2D eigenvalue weighted by molar-refractivity contribution is 5.40. The minimum atomic E-state index is 0.555. The molecule has 1 aliphatic rings. The monoisotopic (exact) mass is 234 g/mol. The standard InChI is InChI=1S/C13H22N4/c1-4-10-5-6-11(9(10)2)16-12-7-8-15-13(14-3)17-12/h7-11H,4-6H2,1-3H3,(H2,14,15,16,17). The summed E-state index contributed by atoms with van der Waals surface area (Å²) in [6.45, 7) is 4.63. The van der Waals surface area contributed by atoms with Gasteiger partial charge in [0, 0.05) is 19.3 Å². The summed E-state index contributed by atoms with van der Waals surface area (Å²) >= 11 is 0. The van der Waals surface area contributed by atoms with Crippen molar-refractivity contribution in [3.05, 3.63) is 12.3 Å². The van der Waals surface area contributed by atoms with Crippen molar-refractivity contribution in [1.82, 2.24) is 9.97 Å². The van der Waals surface area contributed by atoms with Crippen molar-refractivity contribution in [3.63, 3.8) is 0 Å². The van der Waals surface area contributed by atoms with Crippen LogP contribution in [0.5, 0.6) is 0 Å². The van der Waals surface area contributed by atoms with Gasteiger partial charge in [0.25, 0.3) is 0 Å². The van der Waals surface area contributed by atoms with Gasteiger partial charge < -0.3 is 10.6 Å². The van der Waals surface area contributed by atoms with Crippen molar-refractivity contribution in [3.8, 4) is 0 Å². The maximum absolute atomic E-state index is 4.41. The molecule has 0 aromatic carbocycles. The molecule has 17 heavy (non-hydrogen) atoms. The first-order chi connectivity index (χ1) is 8.24. The molecule has 1 saturated carbocycles. The number of nitrogens with one attached hydrogen (secondary N) is 2. The normalized spacial score (nSPS) is 28.1. The Balaban J connectivity index is 2.01. The maximum atomic E-state index is 4.41. The van der Waals surface area contributed by atoms with Crippen LogP contribution in [-0.4, -0.2) is 23.1 Å². The Kier molecular flexibility index (Phi) is 3.82. The highest BCUT2D eigenvalue weighted by Gasteiger charge is 2.31. The lowest BCUT2D eigenvalue weighted by molar-refractivity contribution is 0.391. The fourth-order valence-electron chi connectivity index (χ4n) is 2.78. The highest BCUT2D eigenvalue weighted by Crippen LogP contribution is 2.35. The Morgan fingerprint density at radius 3 is 2.88 bits per heavy atom. The molecule has 2 N–H and O–H groups in total. The molecule has 94 valence electrons. The van der Waals surface area contributed by atoms with Crippen LogP contribution < -0.4 is 10.6 Å². The quantitative estimate of drug-likeness (QED) is 0.841. The van der Waals surface area contributed by atoms with Crippen molar-refractivity contribution >= 4 is 11.8 Å². The number of rotatable bonds is 4. The third-order valence-electron chi connectivity index (χ3n) is 3.96. The third kappa shape index (κ3) is 2.68. The van der Waals surface area contributed by atoms with E-state index in [0.29, 0.717) is 12.0 Å². The van der Waals surface area contributed by atoms with E-state index in [1.54, 1.807) is 6.20 Å². The lowest BCUT2D eigenvalue weighted by Gasteiger charge is -2.21. The van der Waals surface area contributed by atoms with Gasteiger partial charge in [0.1, 0.15) is 5.82 Å². The molecular formula is C13H22N4. The Labute approximate surface area is 103 Å². The lowest BCUT2D eigenvalue weighted by Crippen LogP contribution is -2.25. The van der Waals surface area contributed by atoms with Crippen molar-refractivity contribution < 1.29 is 0 Å². The summed E-state index contributed by atoms with van der Waals surface area (Å²) in [5.74, 6) is 3.19. The van der Waals surface area contributed by atoms with E-state index in [-0.39, 0.29) is 0 Å². The first-order valence-electron chi connectivity index (χ1n) is 6.52. The second kappa shape index (κ2) is 5.34. The van der Waals surface area contributed by atoms with Crippen LogP contribution in [0.25, 0.3) is 0 Å². The minimum absolute atomic E-state index is 0.555. The van der Waals surface area contributed by atoms with E-state index in [1.165, 1.54) is 19.3 Å². The molecule has 1 heterocycles. The predicted molar refractivity (Wildman–Crippen MR) is 71.2 cm³/mol. The smallest absolute Gasteiger partial charge is 0.224 e. The number of hydrogen-bond donors (Lipinski definition) is 2. The summed E-state index contributed by atoms with van der Waals surface area (Å²) in [7, 11) is 1.84. The molecule has 4 heteroatoms. The van der Waals surface area contributed by atoms with E-state index in [0.717, 1.165) is 17.7 Å². The first kappa shape index (κ1) is 12.1. The van der Waals surface area contributed by atoms with Gasteiger partial charge in [-0.25, -0.2) is 4.98 Å². The second-order valence-corrected chi connectivity index (χ2v) is 4.87. The summed E-state index contributed by atoms with van der Waals surface area (Å²) < 4.78 is 0. The average Bonchev–Trinajstić information content (AvgIpc) is 2.71. The fraction of sp³-hybridized carbons (Fsp3) is 0.692. The molecule has 0 aliphatic heterocycles. The molecule has 3 unspecified atom stereocenters. The van der Waals surface area contributed by atoms with Crippen LogP contribution in [0.15, 0.2) is 12.3 Å². The van der Waals surface area contributed by atoms with E-state index in [1.807, 2.05) is 13.1 Å². The van der Waals surface area contributed by atoms with Gasteiger partial charge in [0.05, 0.1) is 0 Å². The Hall–Kier alpha value is -1.32. The Bertz CT molecular complexity index is 366. The van der Waals surface area contributed by atoms with E-state index >= 15 is 0 Å². The molecule has 1 aromatic heterocycles. The average molecular weight is 234 g/mol. The minimum Gasteiger partial charge on any atom is -0.367 e.